The highest BCUT2D eigenvalue weighted by molar-refractivity contribution is 5.94. The Bertz CT molecular complexity index is 484. The van der Waals surface area contributed by atoms with Gasteiger partial charge in [0.15, 0.2) is 6.61 Å². The van der Waals surface area contributed by atoms with Crippen molar-refractivity contribution < 1.29 is 19.4 Å². The number of carbonyl (C=O) groups is 2. The molecule has 1 aliphatic heterocycles. The Morgan fingerprint density at radius 1 is 1.44 bits per heavy atom. The Morgan fingerprint density at radius 3 is 2.94 bits per heavy atom. The van der Waals surface area contributed by atoms with Gasteiger partial charge < -0.3 is 14.7 Å². The average molecular weight is 249 g/mol. The van der Waals surface area contributed by atoms with Crippen LogP contribution in [0.15, 0.2) is 18.2 Å². The first-order chi connectivity index (χ1) is 8.58. The number of hydrogen-bond acceptors (Lipinski definition) is 3. The highest BCUT2D eigenvalue weighted by atomic mass is 16.5. The van der Waals surface area contributed by atoms with Gasteiger partial charge in [0.25, 0.3) is 0 Å². The molecule has 1 heterocycles. The zero-order valence-corrected chi connectivity index (χ0v) is 10.2. The standard InChI is InChI=1S/C13H15NO4/c1-14-11-7-10(18-8-13(16)17)6-5-9(11)3-2-4-12(14)15/h5-7H,2-4,8H2,1H3,(H,16,17). The summed E-state index contributed by atoms with van der Waals surface area (Å²) in [7, 11) is 1.73. The minimum Gasteiger partial charge on any atom is -0.482 e. The summed E-state index contributed by atoms with van der Waals surface area (Å²) >= 11 is 0. The lowest BCUT2D eigenvalue weighted by atomic mass is 10.1. The first-order valence-electron chi connectivity index (χ1n) is 5.82. The quantitative estimate of drug-likeness (QED) is 0.880. The zero-order chi connectivity index (χ0) is 13.1. The van der Waals surface area contributed by atoms with Crippen LogP contribution < -0.4 is 9.64 Å². The number of carboxylic acid groups (broad SMARTS) is 1. The summed E-state index contributed by atoms with van der Waals surface area (Å²) in [6.45, 7) is -0.379. The molecule has 5 nitrogen and oxygen atoms in total. The maximum atomic E-state index is 11.7. The Hall–Kier alpha value is -2.04. The normalized spacial score (nSPS) is 14.9. The van der Waals surface area contributed by atoms with Crippen LogP contribution in [-0.4, -0.2) is 30.6 Å². The van der Waals surface area contributed by atoms with Crippen LogP contribution in [-0.2, 0) is 16.0 Å². The predicted octanol–water partition coefficient (Wildman–Crippen LogP) is 1.45. The lowest BCUT2D eigenvalue weighted by Gasteiger charge is -2.18. The molecule has 0 aliphatic carbocycles. The lowest BCUT2D eigenvalue weighted by Crippen LogP contribution is -2.25. The summed E-state index contributed by atoms with van der Waals surface area (Å²) in [5, 5.41) is 8.56. The number of nitrogens with zero attached hydrogens (tertiary/aromatic N) is 1. The summed E-state index contributed by atoms with van der Waals surface area (Å²) < 4.78 is 5.12. The fraction of sp³-hybridized carbons (Fsp3) is 0.385. The average Bonchev–Trinajstić information content (AvgIpc) is 2.48. The summed E-state index contributed by atoms with van der Waals surface area (Å²) in [6.07, 6.45) is 2.23. The van der Waals surface area contributed by atoms with Gasteiger partial charge in [-0.25, -0.2) is 4.79 Å². The molecule has 0 unspecified atom stereocenters. The number of hydrogen-bond donors (Lipinski definition) is 1. The third-order valence-electron chi connectivity index (χ3n) is 2.99. The third-order valence-corrected chi connectivity index (χ3v) is 2.99. The van der Waals surface area contributed by atoms with E-state index in [-0.39, 0.29) is 12.5 Å². The van der Waals surface area contributed by atoms with Gasteiger partial charge in [0.1, 0.15) is 5.75 Å². The number of aliphatic carboxylic acids is 1. The first-order valence-corrected chi connectivity index (χ1v) is 5.82. The summed E-state index contributed by atoms with van der Waals surface area (Å²) in [5.74, 6) is -0.476. The second-order valence-corrected chi connectivity index (χ2v) is 4.28. The van der Waals surface area contributed by atoms with E-state index >= 15 is 0 Å². The molecule has 0 spiro atoms. The van der Waals surface area contributed by atoms with E-state index in [1.165, 1.54) is 0 Å². The molecule has 0 atom stereocenters. The van der Waals surface area contributed by atoms with Crippen LogP contribution in [0.2, 0.25) is 0 Å². The molecule has 0 radical (unpaired) electrons. The van der Waals surface area contributed by atoms with E-state index in [0.717, 1.165) is 24.1 Å². The van der Waals surface area contributed by atoms with Gasteiger partial charge in [-0.2, -0.15) is 0 Å². The highest BCUT2D eigenvalue weighted by Gasteiger charge is 2.19. The number of benzene rings is 1. The number of carbonyl (C=O) groups excluding carboxylic acids is 1. The molecular weight excluding hydrogens is 234 g/mol. The molecule has 96 valence electrons. The molecule has 0 saturated heterocycles. The maximum Gasteiger partial charge on any atom is 0.341 e. The molecule has 0 fully saturated rings. The van der Waals surface area contributed by atoms with E-state index in [2.05, 4.69) is 0 Å². The van der Waals surface area contributed by atoms with Crippen LogP contribution in [0.1, 0.15) is 18.4 Å². The molecule has 1 aliphatic rings. The van der Waals surface area contributed by atoms with E-state index in [9.17, 15) is 9.59 Å². The van der Waals surface area contributed by atoms with Gasteiger partial charge in [-0.3, -0.25) is 4.79 Å². The van der Waals surface area contributed by atoms with E-state index < -0.39 is 5.97 Å². The van der Waals surface area contributed by atoms with E-state index in [0.29, 0.717) is 12.2 Å². The van der Waals surface area contributed by atoms with Crippen LogP contribution in [0.5, 0.6) is 5.75 Å². The van der Waals surface area contributed by atoms with Crippen LogP contribution in [0.3, 0.4) is 0 Å². The van der Waals surface area contributed by atoms with Gasteiger partial charge in [-0.1, -0.05) is 6.07 Å². The van der Waals surface area contributed by atoms with Crippen molar-refractivity contribution in [1.29, 1.82) is 0 Å². The van der Waals surface area contributed by atoms with Gasteiger partial charge in [0, 0.05) is 19.5 Å². The molecule has 1 N–H and O–H groups in total. The summed E-state index contributed by atoms with van der Waals surface area (Å²) in [5.41, 5.74) is 1.89. The molecule has 2 rings (SSSR count). The van der Waals surface area contributed by atoms with Crippen molar-refractivity contribution in [2.24, 2.45) is 0 Å². The summed E-state index contributed by atoms with van der Waals surface area (Å²) in [6, 6.07) is 5.36. The van der Waals surface area contributed by atoms with Crippen molar-refractivity contribution in [3.63, 3.8) is 0 Å². The fourth-order valence-corrected chi connectivity index (χ4v) is 2.03. The van der Waals surface area contributed by atoms with Gasteiger partial charge in [-0.05, 0) is 24.5 Å². The minimum atomic E-state index is -1.02. The fourth-order valence-electron chi connectivity index (χ4n) is 2.03. The second kappa shape index (κ2) is 5.08. The predicted molar refractivity (Wildman–Crippen MR) is 65.9 cm³/mol. The molecule has 5 heteroatoms. The zero-order valence-electron chi connectivity index (χ0n) is 10.2. The van der Waals surface area contributed by atoms with Gasteiger partial charge in [-0.15, -0.1) is 0 Å². The number of ether oxygens (including phenoxy) is 1. The van der Waals surface area contributed by atoms with Crippen molar-refractivity contribution in [2.75, 3.05) is 18.6 Å². The van der Waals surface area contributed by atoms with Crippen LogP contribution in [0, 0.1) is 0 Å². The Labute approximate surface area is 105 Å². The number of anilines is 1. The Kier molecular flexibility index (Phi) is 3.50. The molecule has 0 aromatic heterocycles. The van der Waals surface area contributed by atoms with Gasteiger partial charge in [0.05, 0.1) is 5.69 Å². The van der Waals surface area contributed by atoms with E-state index in [1.807, 2.05) is 6.07 Å². The topological polar surface area (TPSA) is 66.8 Å². The molecule has 1 amide bonds. The van der Waals surface area contributed by atoms with Crippen molar-refractivity contribution in [3.05, 3.63) is 23.8 Å². The molecule has 0 bridgehead atoms. The lowest BCUT2D eigenvalue weighted by molar-refractivity contribution is -0.139. The smallest absolute Gasteiger partial charge is 0.341 e. The number of fused-ring (bicyclic) bond motifs is 1. The third kappa shape index (κ3) is 2.61. The highest BCUT2D eigenvalue weighted by Crippen LogP contribution is 2.29. The number of carboxylic acids is 1. The molecule has 0 saturated carbocycles. The largest absolute Gasteiger partial charge is 0.482 e. The molecule has 1 aromatic rings. The number of aryl methyl sites for hydroxylation is 1. The Morgan fingerprint density at radius 2 is 2.22 bits per heavy atom. The maximum absolute atomic E-state index is 11.7. The van der Waals surface area contributed by atoms with E-state index in [4.69, 9.17) is 9.84 Å². The van der Waals surface area contributed by atoms with E-state index in [1.54, 1.807) is 24.1 Å². The number of rotatable bonds is 3. The molecular formula is C13H15NO4. The molecule has 18 heavy (non-hydrogen) atoms. The van der Waals surface area contributed by atoms with Crippen molar-refractivity contribution in [1.82, 2.24) is 0 Å². The monoisotopic (exact) mass is 249 g/mol. The van der Waals surface area contributed by atoms with Crippen LogP contribution in [0.25, 0.3) is 0 Å². The molecule has 1 aromatic carbocycles. The first kappa shape index (κ1) is 12.4. The number of amides is 1. The van der Waals surface area contributed by atoms with Crippen molar-refractivity contribution in [3.8, 4) is 5.75 Å². The second-order valence-electron chi connectivity index (χ2n) is 4.28. The van der Waals surface area contributed by atoms with Crippen molar-refractivity contribution in [2.45, 2.75) is 19.3 Å². The van der Waals surface area contributed by atoms with Crippen LogP contribution >= 0.6 is 0 Å². The SMILES string of the molecule is CN1C(=O)CCCc2ccc(OCC(=O)O)cc21. The van der Waals surface area contributed by atoms with Crippen molar-refractivity contribution >= 4 is 17.6 Å². The van der Waals surface area contributed by atoms with Gasteiger partial charge >= 0.3 is 5.97 Å². The van der Waals surface area contributed by atoms with Gasteiger partial charge in [0.2, 0.25) is 5.91 Å². The summed E-state index contributed by atoms with van der Waals surface area (Å²) in [4.78, 5) is 23.8. The minimum absolute atomic E-state index is 0.0733. The van der Waals surface area contributed by atoms with Crippen LogP contribution in [0.4, 0.5) is 5.69 Å². The Balaban J connectivity index is 2.26.